The molecular weight excluding hydrogens is 367 g/mol. The fourth-order valence-electron chi connectivity index (χ4n) is 3.19. The summed E-state index contributed by atoms with van der Waals surface area (Å²) in [4.78, 5) is 0. The van der Waals surface area contributed by atoms with Gasteiger partial charge in [-0.1, -0.05) is 19.1 Å². The Morgan fingerprint density at radius 1 is 1.19 bits per heavy atom. The van der Waals surface area contributed by atoms with Gasteiger partial charge in [-0.05, 0) is 18.6 Å². The highest BCUT2D eigenvalue weighted by Crippen LogP contribution is 2.34. The van der Waals surface area contributed by atoms with E-state index in [9.17, 15) is 21.6 Å². The van der Waals surface area contributed by atoms with E-state index < -0.39 is 21.8 Å². The van der Waals surface area contributed by atoms with Gasteiger partial charge in [0.1, 0.15) is 0 Å². The standard InChI is InChI=1S/C17H20F3N3O2S/c1-3-9-23-15-8-10-22(26(2,24)25)11-14(15)16(21-23)12-4-6-13(7-5-12)17(18,19)20/h4-7H,3,8-11H2,1-2H3. The topological polar surface area (TPSA) is 55.2 Å². The van der Waals surface area contributed by atoms with E-state index in [2.05, 4.69) is 5.10 Å². The van der Waals surface area contributed by atoms with Gasteiger partial charge in [0.25, 0.3) is 0 Å². The second kappa shape index (κ2) is 6.70. The van der Waals surface area contributed by atoms with Gasteiger partial charge in [0.2, 0.25) is 10.0 Å². The lowest BCUT2D eigenvalue weighted by atomic mass is 10.0. The SMILES string of the molecule is CCCn1nc(-c2ccc(C(F)(F)F)cc2)c2c1CCN(S(C)(=O)=O)C2. The van der Waals surface area contributed by atoms with Crippen LogP contribution in [0.4, 0.5) is 13.2 Å². The van der Waals surface area contributed by atoms with E-state index in [1.807, 2.05) is 11.6 Å². The summed E-state index contributed by atoms with van der Waals surface area (Å²) < 4.78 is 65.4. The molecule has 26 heavy (non-hydrogen) atoms. The largest absolute Gasteiger partial charge is 0.416 e. The molecule has 1 aliphatic heterocycles. The summed E-state index contributed by atoms with van der Waals surface area (Å²) in [5, 5.41) is 4.57. The maximum absolute atomic E-state index is 12.8. The molecule has 0 radical (unpaired) electrons. The van der Waals surface area contributed by atoms with Crippen LogP contribution in [0.15, 0.2) is 24.3 Å². The molecule has 1 aromatic carbocycles. The highest BCUT2D eigenvalue weighted by Gasteiger charge is 2.32. The minimum atomic E-state index is -4.40. The summed E-state index contributed by atoms with van der Waals surface area (Å²) in [6.45, 7) is 3.27. The molecular formula is C17H20F3N3O2S. The molecule has 0 fully saturated rings. The number of aromatic nitrogens is 2. The van der Waals surface area contributed by atoms with E-state index in [4.69, 9.17) is 0 Å². The first-order chi connectivity index (χ1) is 12.1. The van der Waals surface area contributed by atoms with Crippen LogP contribution >= 0.6 is 0 Å². The first-order valence-corrected chi connectivity index (χ1v) is 10.2. The van der Waals surface area contributed by atoms with Crippen molar-refractivity contribution in [2.24, 2.45) is 0 Å². The zero-order valence-corrected chi connectivity index (χ0v) is 15.4. The molecule has 0 saturated carbocycles. The van der Waals surface area contributed by atoms with Gasteiger partial charge < -0.3 is 0 Å². The number of hydrogen-bond acceptors (Lipinski definition) is 3. The van der Waals surface area contributed by atoms with Crippen LogP contribution in [0.2, 0.25) is 0 Å². The van der Waals surface area contributed by atoms with Crippen LogP contribution in [-0.4, -0.2) is 35.3 Å². The molecule has 1 aromatic heterocycles. The Balaban J connectivity index is 2.05. The van der Waals surface area contributed by atoms with E-state index in [1.165, 1.54) is 16.4 Å². The van der Waals surface area contributed by atoms with Gasteiger partial charge in [0.15, 0.2) is 0 Å². The number of nitrogens with zero attached hydrogens (tertiary/aromatic N) is 3. The zero-order chi connectivity index (χ0) is 19.1. The third-order valence-electron chi connectivity index (χ3n) is 4.49. The summed E-state index contributed by atoms with van der Waals surface area (Å²) in [5.74, 6) is 0. The van der Waals surface area contributed by atoms with Crippen molar-refractivity contribution in [3.8, 4) is 11.3 Å². The number of hydrogen-bond donors (Lipinski definition) is 0. The van der Waals surface area contributed by atoms with E-state index >= 15 is 0 Å². The van der Waals surface area contributed by atoms with Crippen molar-refractivity contribution in [3.63, 3.8) is 0 Å². The lowest BCUT2D eigenvalue weighted by molar-refractivity contribution is -0.137. The number of aryl methyl sites for hydroxylation is 1. The zero-order valence-electron chi connectivity index (χ0n) is 14.5. The predicted octanol–water partition coefficient (Wildman–Crippen LogP) is 3.30. The average Bonchev–Trinajstić information content (AvgIpc) is 2.92. The second-order valence-electron chi connectivity index (χ2n) is 6.42. The van der Waals surface area contributed by atoms with Crippen molar-refractivity contribution in [1.29, 1.82) is 0 Å². The Kier molecular flexibility index (Phi) is 4.87. The maximum atomic E-state index is 12.8. The fourth-order valence-corrected chi connectivity index (χ4v) is 3.98. The van der Waals surface area contributed by atoms with E-state index in [0.717, 1.165) is 36.1 Å². The lowest BCUT2D eigenvalue weighted by Gasteiger charge is -2.25. The molecule has 142 valence electrons. The molecule has 2 heterocycles. The average molecular weight is 387 g/mol. The Morgan fingerprint density at radius 2 is 1.85 bits per heavy atom. The van der Waals surface area contributed by atoms with Crippen LogP contribution in [0, 0.1) is 0 Å². The molecule has 0 aliphatic carbocycles. The molecule has 0 atom stereocenters. The smallest absolute Gasteiger partial charge is 0.269 e. The third kappa shape index (κ3) is 3.64. The summed E-state index contributed by atoms with van der Waals surface area (Å²) in [6, 6.07) is 4.83. The van der Waals surface area contributed by atoms with Crippen molar-refractivity contribution >= 4 is 10.0 Å². The molecule has 2 aromatic rings. The van der Waals surface area contributed by atoms with Gasteiger partial charge in [0.05, 0.1) is 17.5 Å². The van der Waals surface area contributed by atoms with Gasteiger partial charge >= 0.3 is 6.18 Å². The van der Waals surface area contributed by atoms with Crippen molar-refractivity contribution < 1.29 is 21.6 Å². The van der Waals surface area contributed by atoms with E-state index in [0.29, 0.717) is 30.8 Å². The van der Waals surface area contributed by atoms with Crippen molar-refractivity contribution in [3.05, 3.63) is 41.1 Å². The molecule has 0 saturated heterocycles. The van der Waals surface area contributed by atoms with Crippen LogP contribution in [0.5, 0.6) is 0 Å². The van der Waals surface area contributed by atoms with Gasteiger partial charge in [-0.15, -0.1) is 0 Å². The molecule has 9 heteroatoms. The van der Waals surface area contributed by atoms with Crippen LogP contribution in [0.3, 0.4) is 0 Å². The van der Waals surface area contributed by atoms with Gasteiger partial charge in [-0.2, -0.15) is 22.6 Å². The first kappa shape index (κ1) is 18.9. The van der Waals surface area contributed by atoms with Gasteiger partial charge in [0, 0.05) is 42.9 Å². The summed E-state index contributed by atoms with van der Waals surface area (Å²) in [7, 11) is -3.35. The Morgan fingerprint density at radius 3 is 2.38 bits per heavy atom. The Bertz CT molecular complexity index is 903. The summed E-state index contributed by atoms with van der Waals surface area (Å²) >= 11 is 0. The summed E-state index contributed by atoms with van der Waals surface area (Å²) in [5.41, 5.74) is 2.12. The van der Waals surface area contributed by atoms with Gasteiger partial charge in [-0.25, -0.2) is 8.42 Å². The van der Waals surface area contributed by atoms with Crippen LogP contribution in [0.25, 0.3) is 11.3 Å². The van der Waals surface area contributed by atoms with Crippen molar-refractivity contribution in [2.75, 3.05) is 12.8 Å². The minimum absolute atomic E-state index is 0.189. The number of sulfonamides is 1. The fraction of sp³-hybridized carbons (Fsp3) is 0.471. The second-order valence-corrected chi connectivity index (χ2v) is 8.40. The normalized spacial score (nSPS) is 15.9. The van der Waals surface area contributed by atoms with E-state index in [-0.39, 0.29) is 6.54 Å². The molecule has 0 amide bonds. The van der Waals surface area contributed by atoms with Crippen LogP contribution in [-0.2, 0) is 35.7 Å². The van der Waals surface area contributed by atoms with Crippen molar-refractivity contribution in [1.82, 2.24) is 14.1 Å². The van der Waals surface area contributed by atoms with Crippen LogP contribution < -0.4 is 0 Å². The highest BCUT2D eigenvalue weighted by molar-refractivity contribution is 7.88. The monoisotopic (exact) mass is 387 g/mol. The first-order valence-electron chi connectivity index (χ1n) is 8.32. The molecule has 0 spiro atoms. The quantitative estimate of drug-likeness (QED) is 0.809. The number of rotatable bonds is 4. The minimum Gasteiger partial charge on any atom is -0.269 e. The Hall–Kier alpha value is -1.87. The molecule has 5 nitrogen and oxygen atoms in total. The summed E-state index contributed by atoms with van der Waals surface area (Å²) in [6.07, 6.45) is -1.84. The molecule has 0 N–H and O–H groups in total. The molecule has 1 aliphatic rings. The molecule has 0 unspecified atom stereocenters. The van der Waals surface area contributed by atoms with Crippen molar-refractivity contribution in [2.45, 2.75) is 39.0 Å². The number of alkyl halides is 3. The molecule has 0 bridgehead atoms. The number of fused-ring (bicyclic) bond motifs is 1. The van der Waals surface area contributed by atoms with E-state index in [1.54, 1.807) is 0 Å². The predicted molar refractivity (Wildman–Crippen MR) is 91.9 cm³/mol. The molecule has 3 rings (SSSR count). The number of halogens is 3. The Labute approximate surface area is 150 Å². The van der Waals surface area contributed by atoms with Gasteiger partial charge in [-0.3, -0.25) is 4.68 Å². The third-order valence-corrected chi connectivity index (χ3v) is 5.74. The number of benzene rings is 1. The maximum Gasteiger partial charge on any atom is 0.416 e. The van der Waals surface area contributed by atoms with Crippen LogP contribution in [0.1, 0.15) is 30.2 Å². The lowest BCUT2D eigenvalue weighted by Crippen LogP contribution is -2.35. The highest BCUT2D eigenvalue weighted by atomic mass is 32.2.